The fourth-order valence-electron chi connectivity index (χ4n) is 2.54. The van der Waals surface area contributed by atoms with Crippen molar-refractivity contribution >= 4 is 17.6 Å². The Labute approximate surface area is 118 Å². The standard InChI is InChI=1S/C14H20N4O2/c1-10-9-13-17(7-2-8-18(13)16-10)14(20)6-5-12(19)15-11-3-4-11/h9,11H,2-8H2,1H3,(H,15,19). The molecule has 20 heavy (non-hydrogen) atoms. The topological polar surface area (TPSA) is 67.2 Å². The van der Waals surface area contributed by atoms with Crippen LogP contribution in [0.3, 0.4) is 0 Å². The minimum atomic E-state index is -0.0115. The van der Waals surface area contributed by atoms with E-state index in [1.807, 2.05) is 17.7 Å². The number of carbonyl (C=O) groups excluding carboxylic acids is 2. The molecule has 0 aromatic carbocycles. The first-order valence-corrected chi connectivity index (χ1v) is 7.27. The summed E-state index contributed by atoms with van der Waals surface area (Å²) < 4.78 is 1.88. The van der Waals surface area contributed by atoms with Crippen molar-refractivity contribution in [3.63, 3.8) is 0 Å². The zero-order valence-corrected chi connectivity index (χ0v) is 11.8. The Kier molecular flexibility index (Phi) is 3.46. The number of hydrogen-bond acceptors (Lipinski definition) is 3. The van der Waals surface area contributed by atoms with Gasteiger partial charge in [0, 0.05) is 38.0 Å². The van der Waals surface area contributed by atoms with Crippen molar-refractivity contribution in [2.45, 2.75) is 51.6 Å². The van der Waals surface area contributed by atoms with Gasteiger partial charge in [-0.25, -0.2) is 4.68 Å². The number of hydrogen-bond donors (Lipinski definition) is 1. The van der Waals surface area contributed by atoms with E-state index in [1.54, 1.807) is 4.90 Å². The van der Waals surface area contributed by atoms with Gasteiger partial charge in [-0.05, 0) is 26.2 Å². The second-order valence-corrected chi connectivity index (χ2v) is 5.61. The molecule has 2 aliphatic rings. The van der Waals surface area contributed by atoms with Gasteiger partial charge in [0.1, 0.15) is 5.82 Å². The molecule has 1 saturated carbocycles. The Morgan fingerprint density at radius 1 is 1.35 bits per heavy atom. The van der Waals surface area contributed by atoms with Gasteiger partial charge in [-0.3, -0.25) is 14.5 Å². The molecule has 0 spiro atoms. The fourth-order valence-corrected chi connectivity index (χ4v) is 2.54. The first kappa shape index (κ1) is 13.1. The summed E-state index contributed by atoms with van der Waals surface area (Å²) >= 11 is 0. The van der Waals surface area contributed by atoms with Gasteiger partial charge in [-0.15, -0.1) is 0 Å². The van der Waals surface area contributed by atoms with Gasteiger partial charge in [0.25, 0.3) is 0 Å². The van der Waals surface area contributed by atoms with Crippen LogP contribution in [-0.2, 0) is 16.1 Å². The molecule has 0 radical (unpaired) electrons. The molecule has 6 nitrogen and oxygen atoms in total. The molecule has 2 heterocycles. The number of amides is 2. The lowest BCUT2D eigenvalue weighted by molar-refractivity contribution is -0.125. The van der Waals surface area contributed by atoms with Crippen molar-refractivity contribution < 1.29 is 9.59 Å². The van der Waals surface area contributed by atoms with Crippen LogP contribution in [0.5, 0.6) is 0 Å². The summed E-state index contributed by atoms with van der Waals surface area (Å²) in [6.07, 6.45) is 3.60. The molecule has 6 heteroatoms. The lowest BCUT2D eigenvalue weighted by Gasteiger charge is -2.27. The first-order valence-electron chi connectivity index (χ1n) is 7.27. The molecule has 108 valence electrons. The maximum absolute atomic E-state index is 12.3. The van der Waals surface area contributed by atoms with Gasteiger partial charge in [0.2, 0.25) is 11.8 Å². The van der Waals surface area contributed by atoms with Crippen molar-refractivity contribution in [1.82, 2.24) is 15.1 Å². The molecule has 3 rings (SSSR count). The number of rotatable bonds is 4. The van der Waals surface area contributed by atoms with Crippen molar-refractivity contribution in [1.29, 1.82) is 0 Å². The predicted octanol–water partition coefficient (Wildman–Crippen LogP) is 0.987. The zero-order chi connectivity index (χ0) is 14.1. The van der Waals surface area contributed by atoms with E-state index >= 15 is 0 Å². The Morgan fingerprint density at radius 3 is 2.90 bits per heavy atom. The molecular weight excluding hydrogens is 256 g/mol. The van der Waals surface area contributed by atoms with E-state index in [0.717, 1.165) is 37.3 Å². The molecule has 0 bridgehead atoms. The van der Waals surface area contributed by atoms with E-state index in [9.17, 15) is 9.59 Å². The van der Waals surface area contributed by atoms with Gasteiger partial charge in [-0.1, -0.05) is 0 Å². The Hall–Kier alpha value is -1.85. The summed E-state index contributed by atoms with van der Waals surface area (Å²) in [5, 5.41) is 7.28. The molecule has 1 fully saturated rings. The third-order valence-corrected chi connectivity index (χ3v) is 3.72. The van der Waals surface area contributed by atoms with E-state index in [1.165, 1.54) is 0 Å². The van der Waals surface area contributed by atoms with Crippen molar-refractivity contribution in [2.24, 2.45) is 0 Å². The molecule has 0 saturated heterocycles. The van der Waals surface area contributed by atoms with E-state index in [-0.39, 0.29) is 24.7 Å². The lowest BCUT2D eigenvalue weighted by Crippen LogP contribution is -2.38. The molecule has 1 aromatic heterocycles. The van der Waals surface area contributed by atoms with Crippen LogP contribution in [0.1, 0.15) is 37.8 Å². The SMILES string of the molecule is Cc1cc2n(n1)CCCN2C(=O)CCC(=O)NC1CC1. The van der Waals surface area contributed by atoms with Gasteiger partial charge in [0.15, 0.2) is 0 Å². The lowest BCUT2D eigenvalue weighted by atomic mass is 10.2. The number of nitrogens with one attached hydrogen (secondary N) is 1. The fraction of sp³-hybridized carbons (Fsp3) is 0.643. The Morgan fingerprint density at radius 2 is 2.15 bits per heavy atom. The van der Waals surface area contributed by atoms with Gasteiger partial charge in [-0.2, -0.15) is 5.10 Å². The van der Waals surface area contributed by atoms with Crippen LogP contribution < -0.4 is 10.2 Å². The summed E-state index contributed by atoms with van der Waals surface area (Å²) in [7, 11) is 0. The van der Waals surface area contributed by atoms with Crippen molar-refractivity contribution in [2.75, 3.05) is 11.4 Å². The van der Waals surface area contributed by atoms with E-state index in [2.05, 4.69) is 10.4 Å². The second kappa shape index (κ2) is 5.26. The number of anilines is 1. The number of carbonyl (C=O) groups is 2. The number of fused-ring (bicyclic) bond motifs is 1. The first-order chi connectivity index (χ1) is 9.63. The van der Waals surface area contributed by atoms with Crippen LogP contribution in [0, 0.1) is 6.92 Å². The Bertz CT molecular complexity index is 533. The maximum Gasteiger partial charge on any atom is 0.228 e. The third-order valence-electron chi connectivity index (χ3n) is 3.72. The molecule has 0 atom stereocenters. The monoisotopic (exact) mass is 276 g/mol. The van der Waals surface area contributed by atoms with E-state index < -0.39 is 0 Å². The van der Waals surface area contributed by atoms with Crippen LogP contribution in [-0.4, -0.2) is 34.2 Å². The van der Waals surface area contributed by atoms with Crippen LogP contribution in [0.25, 0.3) is 0 Å². The van der Waals surface area contributed by atoms with E-state index in [4.69, 9.17) is 0 Å². The highest BCUT2D eigenvalue weighted by Gasteiger charge is 2.26. The third kappa shape index (κ3) is 2.84. The summed E-state index contributed by atoms with van der Waals surface area (Å²) in [4.78, 5) is 25.7. The smallest absolute Gasteiger partial charge is 0.228 e. The number of aromatic nitrogens is 2. The average Bonchev–Trinajstić information content (AvgIpc) is 3.13. The van der Waals surface area contributed by atoms with Crippen LogP contribution >= 0.6 is 0 Å². The Balaban J connectivity index is 1.58. The van der Waals surface area contributed by atoms with E-state index in [0.29, 0.717) is 12.6 Å². The number of aryl methyl sites for hydroxylation is 2. The van der Waals surface area contributed by atoms with Gasteiger partial charge in [0.05, 0.1) is 5.69 Å². The summed E-state index contributed by atoms with van der Waals surface area (Å²) in [5.74, 6) is 0.862. The number of nitrogens with zero attached hydrogens (tertiary/aromatic N) is 3. The van der Waals surface area contributed by atoms with Crippen LogP contribution in [0.15, 0.2) is 6.07 Å². The largest absolute Gasteiger partial charge is 0.353 e. The maximum atomic E-state index is 12.3. The van der Waals surface area contributed by atoms with Crippen LogP contribution in [0.4, 0.5) is 5.82 Å². The van der Waals surface area contributed by atoms with Gasteiger partial charge >= 0.3 is 0 Å². The van der Waals surface area contributed by atoms with Crippen molar-refractivity contribution in [3.05, 3.63) is 11.8 Å². The normalized spacial score (nSPS) is 17.8. The highest BCUT2D eigenvalue weighted by Crippen LogP contribution is 2.23. The highest BCUT2D eigenvalue weighted by atomic mass is 16.2. The summed E-state index contributed by atoms with van der Waals surface area (Å²) in [6, 6.07) is 2.29. The quantitative estimate of drug-likeness (QED) is 0.891. The molecule has 2 amide bonds. The second-order valence-electron chi connectivity index (χ2n) is 5.61. The molecule has 1 aliphatic heterocycles. The summed E-state index contributed by atoms with van der Waals surface area (Å²) in [5.41, 5.74) is 0.922. The predicted molar refractivity (Wildman–Crippen MR) is 74.3 cm³/mol. The molecular formula is C14H20N4O2. The molecule has 1 N–H and O–H groups in total. The zero-order valence-electron chi connectivity index (χ0n) is 11.8. The van der Waals surface area contributed by atoms with Crippen LogP contribution in [0.2, 0.25) is 0 Å². The van der Waals surface area contributed by atoms with Crippen molar-refractivity contribution in [3.8, 4) is 0 Å². The minimum Gasteiger partial charge on any atom is -0.353 e. The molecule has 1 aromatic rings. The van der Waals surface area contributed by atoms with Gasteiger partial charge < -0.3 is 5.32 Å². The molecule has 0 unspecified atom stereocenters. The highest BCUT2D eigenvalue weighted by molar-refractivity contribution is 5.95. The molecule has 1 aliphatic carbocycles. The summed E-state index contributed by atoms with van der Waals surface area (Å²) in [6.45, 7) is 3.50. The average molecular weight is 276 g/mol. The minimum absolute atomic E-state index is 0.0109.